The summed E-state index contributed by atoms with van der Waals surface area (Å²) in [5.74, 6) is -0.405. The quantitative estimate of drug-likeness (QED) is 0.789. The number of benzene rings is 1. The first kappa shape index (κ1) is 12.7. The molecule has 1 aromatic carbocycles. The lowest BCUT2D eigenvalue weighted by Crippen LogP contribution is -2.20. The molecule has 0 radical (unpaired) electrons. The van der Waals surface area contributed by atoms with Crippen LogP contribution in [-0.2, 0) is 4.79 Å². The predicted octanol–water partition coefficient (Wildman–Crippen LogP) is 2.89. The number of carbonyl (C=O) groups is 1. The number of aliphatic hydroxyl groups excluding tert-OH is 1. The maximum Gasteiger partial charge on any atom is 0.163 e. The van der Waals surface area contributed by atoms with Crippen molar-refractivity contribution in [1.29, 1.82) is 0 Å². The zero-order valence-corrected chi connectivity index (χ0v) is 9.97. The second kappa shape index (κ2) is 5.61. The molecule has 0 heterocycles. The highest BCUT2D eigenvalue weighted by Gasteiger charge is 2.23. The lowest BCUT2D eigenvalue weighted by Gasteiger charge is -2.18. The molecule has 1 aromatic rings. The molecule has 0 aliphatic heterocycles. The van der Waals surface area contributed by atoms with Crippen molar-refractivity contribution in [2.45, 2.75) is 26.9 Å². The van der Waals surface area contributed by atoms with E-state index in [0.717, 1.165) is 5.56 Å². The van der Waals surface area contributed by atoms with Crippen LogP contribution in [0.4, 0.5) is 0 Å². The van der Waals surface area contributed by atoms with Crippen LogP contribution in [-0.4, -0.2) is 10.9 Å². The van der Waals surface area contributed by atoms with Gasteiger partial charge >= 0.3 is 0 Å². The summed E-state index contributed by atoms with van der Waals surface area (Å²) < 4.78 is 0. The van der Waals surface area contributed by atoms with Gasteiger partial charge in [0.05, 0.1) is 6.10 Å². The van der Waals surface area contributed by atoms with E-state index >= 15 is 0 Å². The average molecular weight is 218 g/mol. The molecule has 0 saturated heterocycles. The van der Waals surface area contributed by atoms with E-state index in [1.54, 1.807) is 19.9 Å². The van der Waals surface area contributed by atoms with Crippen LogP contribution in [0.3, 0.4) is 0 Å². The topological polar surface area (TPSA) is 37.3 Å². The fourth-order valence-corrected chi connectivity index (χ4v) is 1.58. The van der Waals surface area contributed by atoms with Gasteiger partial charge in [-0.15, -0.1) is 0 Å². The van der Waals surface area contributed by atoms with Gasteiger partial charge in [0.2, 0.25) is 0 Å². The van der Waals surface area contributed by atoms with Crippen molar-refractivity contribution in [3.05, 3.63) is 47.5 Å². The summed E-state index contributed by atoms with van der Waals surface area (Å²) in [5, 5.41) is 10.1. The first-order valence-corrected chi connectivity index (χ1v) is 5.48. The van der Waals surface area contributed by atoms with Gasteiger partial charge in [-0.1, -0.05) is 43.3 Å². The van der Waals surface area contributed by atoms with E-state index in [9.17, 15) is 9.90 Å². The Morgan fingerprint density at radius 2 is 1.88 bits per heavy atom. The molecule has 1 N–H and O–H groups in total. The lowest BCUT2D eigenvalue weighted by atomic mass is 9.90. The molecule has 0 fully saturated rings. The van der Waals surface area contributed by atoms with Crippen LogP contribution in [0.25, 0.3) is 0 Å². The molecule has 2 nitrogen and oxygen atoms in total. The highest BCUT2D eigenvalue weighted by atomic mass is 16.3. The van der Waals surface area contributed by atoms with Crippen LogP contribution in [0, 0.1) is 5.92 Å². The van der Waals surface area contributed by atoms with Gasteiger partial charge in [0.25, 0.3) is 0 Å². The first-order chi connectivity index (χ1) is 7.57. The Bertz CT molecular complexity index is 379. The number of allylic oxidation sites excluding steroid dienone is 2. The van der Waals surface area contributed by atoms with Crippen molar-refractivity contribution in [2.24, 2.45) is 5.92 Å². The Hall–Kier alpha value is -1.41. The Morgan fingerprint density at radius 3 is 2.38 bits per heavy atom. The van der Waals surface area contributed by atoms with Gasteiger partial charge < -0.3 is 5.11 Å². The average Bonchev–Trinajstić information content (AvgIpc) is 2.36. The molecule has 0 bridgehead atoms. The predicted molar refractivity (Wildman–Crippen MR) is 65.0 cm³/mol. The number of rotatable bonds is 4. The van der Waals surface area contributed by atoms with Gasteiger partial charge in [0.1, 0.15) is 0 Å². The van der Waals surface area contributed by atoms with Crippen LogP contribution >= 0.6 is 0 Å². The molecule has 0 aliphatic carbocycles. The third-order valence-electron chi connectivity index (χ3n) is 2.85. The van der Waals surface area contributed by atoms with Gasteiger partial charge in [0.15, 0.2) is 5.78 Å². The molecular formula is C14H18O2. The molecule has 1 rings (SSSR count). The number of hydrogen-bond acceptors (Lipinski definition) is 2. The summed E-state index contributed by atoms with van der Waals surface area (Å²) in [6, 6.07) is 9.27. The molecule has 0 aromatic heterocycles. The smallest absolute Gasteiger partial charge is 0.163 e. The Balaban J connectivity index is 2.83. The van der Waals surface area contributed by atoms with Crippen molar-refractivity contribution in [1.82, 2.24) is 0 Å². The van der Waals surface area contributed by atoms with Crippen LogP contribution < -0.4 is 0 Å². The monoisotopic (exact) mass is 218 g/mol. The minimum absolute atomic E-state index is 0.00106. The molecule has 86 valence electrons. The SMILES string of the molecule is C/C=C(\C)C(=O)[C@@H](C)[C@H](O)c1ccccc1. The van der Waals surface area contributed by atoms with Gasteiger partial charge in [-0.25, -0.2) is 0 Å². The summed E-state index contributed by atoms with van der Waals surface area (Å²) in [4.78, 5) is 11.9. The van der Waals surface area contributed by atoms with E-state index < -0.39 is 12.0 Å². The van der Waals surface area contributed by atoms with Crippen molar-refractivity contribution in [3.8, 4) is 0 Å². The minimum Gasteiger partial charge on any atom is -0.388 e. The van der Waals surface area contributed by atoms with Crippen LogP contribution in [0.15, 0.2) is 42.0 Å². The van der Waals surface area contributed by atoms with E-state index in [2.05, 4.69) is 0 Å². The second-order valence-electron chi connectivity index (χ2n) is 3.98. The van der Waals surface area contributed by atoms with Crippen molar-refractivity contribution < 1.29 is 9.90 Å². The van der Waals surface area contributed by atoms with Crippen molar-refractivity contribution >= 4 is 5.78 Å². The molecule has 0 aliphatic rings. The number of aliphatic hydroxyl groups is 1. The molecule has 0 saturated carbocycles. The highest BCUT2D eigenvalue weighted by Crippen LogP contribution is 2.24. The van der Waals surface area contributed by atoms with E-state index in [1.165, 1.54) is 0 Å². The molecule has 2 atom stereocenters. The van der Waals surface area contributed by atoms with Crippen LogP contribution in [0.2, 0.25) is 0 Å². The van der Waals surface area contributed by atoms with E-state index in [4.69, 9.17) is 0 Å². The summed E-state index contributed by atoms with van der Waals surface area (Å²) in [6.07, 6.45) is 1.04. The maximum atomic E-state index is 11.9. The zero-order chi connectivity index (χ0) is 12.1. The molecular weight excluding hydrogens is 200 g/mol. The van der Waals surface area contributed by atoms with Crippen molar-refractivity contribution in [3.63, 3.8) is 0 Å². The molecule has 0 amide bonds. The third-order valence-corrected chi connectivity index (χ3v) is 2.85. The van der Waals surface area contributed by atoms with E-state index in [1.807, 2.05) is 37.3 Å². The summed E-state index contributed by atoms with van der Waals surface area (Å²) in [5.41, 5.74) is 1.48. The largest absolute Gasteiger partial charge is 0.388 e. The van der Waals surface area contributed by atoms with Crippen LogP contribution in [0.5, 0.6) is 0 Å². The van der Waals surface area contributed by atoms with Crippen LogP contribution in [0.1, 0.15) is 32.4 Å². The summed E-state index contributed by atoms with van der Waals surface area (Å²) in [7, 11) is 0. The summed E-state index contributed by atoms with van der Waals surface area (Å²) >= 11 is 0. The summed E-state index contributed by atoms with van der Waals surface area (Å²) in [6.45, 7) is 5.36. The molecule has 0 unspecified atom stereocenters. The van der Waals surface area contributed by atoms with E-state index in [0.29, 0.717) is 5.57 Å². The second-order valence-corrected chi connectivity index (χ2v) is 3.98. The Kier molecular flexibility index (Phi) is 4.44. The Labute approximate surface area is 96.6 Å². The third kappa shape index (κ3) is 2.80. The molecule has 2 heteroatoms. The standard InChI is InChI=1S/C14H18O2/c1-4-10(2)13(15)11(3)14(16)12-8-6-5-7-9-12/h4-9,11,14,16H,1-3H3/b10-4+/t11-,14+/m1/s1. The van der Waals surface area contributed by atoms with Gasteiger partial charge in [-0.05, 0) is 25.0 Å². The number of hydrogen-bond donors (Lipinski definition) is 1. The van der Waals surface area contributed by atoms with Gasteiger partial charge in [-0.2, -0.15) is 0 Å². The fourth-order valence-electron chi connectivity index (χ4n) is 1.58. The maximum absolute atomic E-state index is 11.9. The molecule has 16 heavy (non-hydrogen) atoms. The lowest BCUT2D eigenvalue weighted by molar-refractivity contribution is -0.122. The van der Waals surface area contributed by atoms with Gasteiger partial charge in [-0.3, -0.25) is 4.79 Å². The van der Waals surface area contributed by atoms with E-state index in [-0.39, 0.29) is 5.78 Å². The Morgan fingerprint density at radius 1 is 1.31 bits per heavy atom. The first-order valence-electron chi connectivity index (χ1n) is 5.48. The molecule has 0 spiro atoms. The number of carbonyl (C=O) groups excluding carboxylic acids is 1. The van der Waals surface area contributed by atoms with Crippen molar-refractivity contribution in [2.75, 3.05) is 0 Å². The van der Waals surface area contributed by atoms with Gasteiger partial charge in [0, 0.05) is 5.92 Å². The number of Topliss-reactive ketones (excluding diaryl/α,β-unsaturated/α-hetero) is 1. The minimum atomic E-state index is -0.733. The zero-order valence-electron chi connectivity index (χ0n) is 9.97. The fraction of sp³-hybridized carbons (Fsp3) is 0.357. The highest BCUT2D eigenvalue weighted by molar-refractivity contribution is 5.96. The normalized spacial score (nSPS) is 15.6. The number of ketones is 1.